The van der Waals surface area contributed by atoms with Crippen LogP contribution in [0.1, 0.15) is 17.3 Å². The normalized spacial score (nSPS) is 11.9. The maximum absolute atomic E-state index is 11.2. The first-order chi connectivity index (χ1) is 7.13. The van der Waals surface area contributed by atoms with Crippen molar-refractivity contribution in [3.8, 4) is 5.75 Å². The number of alkyl halides is 1. The second kappa shape index (κ2) is 5.61. The average molecular weight is 229 g/mol. The van der Waals surface area contributed by atoms with Crippen LogP contribution in [0, 0.1) is 0 Å². The summed E-state index contributed by atoms with van der Waals surface area (Å²) < 4.78 is 9.96. The van der Waals surface area contributed by atoms with E-state index in [2.05, 4.69) is 4.74 Å². The van der Waals surface area contributed by atoms with Crippen molar-refractivity contribution >= 4 is 17.6 Å². The standard InChI is InChI=1S/C11H13ClO3/c1-8(12)7-15-10-5-3-4-9(6-10)11(13)14-2/h3-6,8H,7H2,1-2H3. The molecule has 1 atom stereocenters. The third kappa shape index (κ3) is 3.80. The van der Waals surface area contributed by atoms with Crippen molar-refractivity contribution in [1.82, 2.24) is 0 Å². The summed E-state index contributed by atoms with van der Waals surface area (Å²) in [4.78, 5) is 11.2. The molecule has 1 aromatic carbocycles. The van der Waals surface area contributed by atoms with E-state index in [-0.39, 0.29) is 11.3 Å². The van der Waals surface area contributed by atoms with Gasteiger partial charge in [-0.15, -0.1) is 11.6 Å². The molecule has 0 saturated heterocycles. The molecule has 0 aliphatic rings. The molecule has 0 N–H and O–H groups in total. The van der Waals surface area contributed by atoms with Gasteiger partial charge in [0.15, 0.2) is 0 Å². The predicted octanol–water partition coefficient (Wildman–Crippen LogP) is 2.48. The number of hydrogen-bond donors (Lipinski definition) is 0. The molecule has 0 fully saturated rings. The number of methoxy groups -OCH3 is 1. The number of carbonyl (C=O) groups is 1. The molecule has 1 unspecified atom stereocenters. The van der Waals surface area contributed by atoms with Crippen molar-refractivity contribution in [1.29, 1.82) is 0 Å². The van der Waals surface area contributed by atoms with Crippen molar-refractivity contribution in [3.05, 3.63) is 29.8 Å². The molecule has 4 heteroatoms. The van der Waals surface area contributed by atoms with Crippen molar-refractivity contribution in [3.63, 3.8) is 0 Å². The predicted molar refractivity (Wildman–Crippen MR) is 58.6 cm³/mol. The van der Waals surface area contributed by atoms with Crippen LogP contribution in [-0.2, 0) is 4.74 Å². The summed E-state index contributed by atoms with van der Waals surface area (Å²) >= 11 is 5.74. The molecule has 0 bridgehead atoms. The number of esters is 1. The van der Waals surface area contributed by atoms with Crippen molar-refractivity contribution in [2.24, 2.45) is 0 Å². The summed E-state index contributed by atoms with van der Waals surface area (Å²) in [6, 6.07) is 6.81. The Morgan fingerprint density at radius 2 is 2.27 bits per heavy atom. The highest BCUT2D eigenvalue weighted by molar-refractivity contribution is 6.20. The topological polar surface area (TPSA) is 35.5 Å². The molecule has 82 valence electrons. The highest BCUT2D eigenvalue weighted by Gasteiger charge is 2.06. The minimum absolute atomic E-state index is 0.0632. The Labute approximate surface area is 93.9 Å². The average Bonchev–Trinajstić information content (AvgIpc) is 2.25. The van der Waals surface area contributed by atoms with E-state index < -0.39 is 0 Å². The Kier molecular flexibility index (Phi) is 4.43. The van der Waals surface area contributed by atoms with Crippen LogP contribution in [0.25, 0.3) is 0 Å². The molecule has 1 aromatic rings. The van der Waals surface area contributed by atoms with Gasteiger partial charge in [0.25, 0.3) is 0 Å². The van der Waals surface area contributed by atoms with E-state index >= 15 is 0 Å². The SMILES string of the molecule is COC(=O)c1cccc(OCC(C)Cl)c1. The van der Waals surface area contributed by atoms with E-state index in [0.29, 0.717) is 17.9 Å². The summed E-state index contributed by atoms with van der Waals surface area (Å²) in [7, 11) is 1.34. The van der Waals surface area contributed by atoms with Gasteiger partial charge in [0.1, 0.15) is 12.4 Å². The Bertz CT molecular complexity index is 336. The maximum atomic E-state index is 11.2. The summed E-state index contributed by atoms with van der Waals surface area (Å²) in [5.41, 5.74) is 0.470. The lowest BCUT2D eigenvalue weighted by molar-refractivity contribution is 0.0600. The Morgan fingerprint density at radius 1 is 1.53 bits per heavy atom. The van der Waals surface area contributed by atoms with Crippen LogP contribution in [-0.4, -0.2) is 25.1 Å². The number of carbonyl (C=O) groups excluding carboxylic acids is 1. The van der Waals surface area contributed by atoms with Crippen LogP contribution in [0.5, 0.6) is 5.75 Å². The van der Waals surface area contributed by atoms with Gasteiger partial charge in [-0.25, -0.2) is 4.79 Å². The third-order valence-corrected chi connectivity index (χ3v) is 1.86. The van der Waals surface area contributed by atoms with E-state index in [1.165, 1.54) is 7.11 Å². The molecule has 0 aliphatic carbocycles. The smallest absolute Gasteiger partial charge is 0.337 e. The lowest BCUT2D eigenvalue weighted by Gasteiger charge is -2.08. The second-order valence-electron chi connectivity index (χ2n) is 3.11. The van der Waals surface area contributed by atoms with Crippen LogP contribution < -0.4 is 4.74 Å². The summed E-state index contributed by atoms with van der Waals surface area (Å²) in [6.45, 7) is 2.25. The van der Waals surface area contributed by atoms with Gasteiger partial charge < -0.3 is 9.47 Å². The fraction of sp³-hybridized carbons (Fsp3) is 0.364. The molecule has 0 spiro atoms. The third-order valence-electron chi connectivity index (χ3n) is 1.73. The van der Waals surface area contributed by atoms with E-state index in [0.717, 1.165) is 0 Å². The molecular weight excluding hydrogens is 216 g/mol. The molecule has 0 aromatic heterocycles. The van der Waals surface area contributed by atoms with Gasteiger partial charge in [-0.2, -0.15) is 0 Å². The lowest BCUT2D eigenvalue weighted by atomic mass is 10.2. The van der Waals surface area contributed by atoms with Gasteiger partial charge in [0, 0.05) is 0 Å². The van der Waals surface area contributed by atoms with Crippen molar-refractivity contribution < 1.29 is 14.3 Å². The number of benzene rings is 1. The number of rotatable bonds is 4. The van der Waals surface area contributed by atoms with Crippen LogP contribution in [0.2, 0.25) is 0 Å². The van der Waals surface area contributed by atoms with Gasteiger partial charge in [-0.3, -0.25) is 0 Å². The minimum atomic E-state index is -0.376. The zero-order valence-corrected chi connectivity index (χ0v) is 9.45. The van der Waals surface area contributed by atoms with Gasteiger partial charge in [0.05, 0.1) is 18.1 Å². The quantitative estimate of drug-likeness (QED) is 0.587. The van der Waals surface area contributed by atoms with Crippen LogP contribution in [0.4, 0.5) is 0 Å². The Hall–Kier alpha value is -1.22. The molecular formula is C11H13ClO3. The summed E-state index contributed by atoms with van der Waals surface area (Å²) in [5.74, 6) is 0.241. The lowest BCUT2D eigenvalue weighted by Crippen LogP contribution is -2.08. The van der Waals surface area contributed by atoms with Gasteiger partial charge in [-0.1, -0.05) is 6.07 Å². The van der Waals surface area contributed by atoms with Crippen LogP contribution >= 0.6 is 11.6 Å². The zero-order valence-electron chi connectivity index (χ0n) is 8.70. The number of halogens is 1. The molecule has 15 heavy (non-hydrogen) atoms. The molecule has 0 aliphatic heterocycles. The van der Waals surface area contributed by atoms with E-state index in [4.69, 9.17) is 16.3 Å². The molecule has 1 rings (SSSR count). The fourth-order valence-electron chi connectivity index (χ4n) is 1.04. The van der Waals surface area contributed by atoms with Gasteiger partial charge in [0.2, 0.25) is 0 Å². The van der Waals surface area contributed by atoms with Crippen molar-refractivity contribution in [2.45, 2.75) is 12.3 Å². The second-order valence-corrected chi connectivity index (χ2v) is 3.86. The largest absolute Gasteiger partial charge is 0.492 e. The minimum Gasteiger partial charge on any atom is -0.492 e. The first kappa shape index (κ1) is 11.9. The van der Waals surface area contributed by atoms with E-state index in [1.54, 1.807) is 24.3 Å². The monoisotopic (exact) mass is 228 g/mol. The molecule has 0 radical (unpaired) electrons. The highest BCUT2D eigenvalue weighted by atomic mass is 35.5. The van der Waals surface area contributed by atoms with Crippen LogP contribution in [0.3, 0.4) is 0 Å². The fourth-order valence-corrected chi connectivity index (χ4v) is 1.10. The number of hydrogen-bond acceptors (Lipinski definition) is 3. The molecule has 0 amide bonds. The molecule has 0 heterocycles. The zero-order chi connectivity index (χ0) is 11.3. The first-order valence-corrected chi connectivity index (χ1v) is 5.02. The number of ether oxygens (including phenoxy) is 2. The van der Waals surface area contributed by atoms with E-state index in [9.17, 15) is 4.79 Å². The van der Waals surface area contributed by atoms with Gasteiger partial charge in [-0.05, 0) is 25.1 Å². The van der Waals surface area contributed by atoms with Crippen molar-refractivity contribution in [2.75, 3.05) is 13.7 Å². The van der Waals surface area contributed by atoms with E-state index in [1.807, 2.05) is 6.92 Å². The summed E-state index contributed by atoms with van der Waals surface area (Å²) in [6.07, 6.45) is 0. The summed E-state index contributed by atoms with van der Waals surface area (Å²) in [5, 5.41) is -0.0632. The molecule has 0 saturated carbocycles. The van der Waals surface area contributed by atoms with Gasteiger partial charge >= 0.3 is 5.97 Å². The Morgan fingerprint density at radius 3 is 2.87 bits per heavy atom. The van der Waals surface area contributed by atoms with Crippen LogP contribution in [0.15, 0.2) is 24.3 Å². The highest BCUT2D eigenvalue weighted by Crippen LogP contribution is 2.14. The maximum Gasteiger partial charge on any atom is 0.337 e. The first-order valence-electron chi connectivity index (χ1n) is 4.58. The Balaban J connectivity index is 2.70. The molecule has 3 nitrogen and oxygen atoms in total.